The Morgan fingerprint density at radius 1 is 1.24 bits per heavy atom. The van der Waals surface area contributed by atoms with Gasteiger partial charge < -0.3 is 10.6 Å². The predicted molar refractivity (Wildman–Crippen MR) is 76.1 cm³/mol. The van der Waals surface area contributed by atoms with Crippen LogP contribution < -0.4 is 5.73 Å². The summed E-state index contributed by atoms with van der Waals surface area (Å²) in [4.78, 5) is 2.57. The molecule has 17 heavy (non-hydrogen) atoms. The van der Waals surface area contributed by atoms with Gasteiger partial charge in [-0.3, -0.25) is 0 Å². The van der Waals surface area contributed by atoms with Crippen molar-refractivity contribution in [2.75, 3.05) is 19.6 Å². The minimum absolute atomic E-state index is 0.390. The van der Waals surface area contributed by atoms with Gasteiger partial charge in [-0.25, -0.2) is 0 Å². The molecule has 1 rings (SSSR count). The van der Waals surface area contributed by atoms with E-state index in [0.29, 0.717) is 11.5 Å². The van der Waals surface area contributed by atoms with Gasteiger partial charge in [0.1, 0.15) is 0 Å². The maximum absolute atomic E-state index is 6.17. The van der Waals surface area contributed by atoms with Crippen LogP contribution in [0.5, 0.6) is 0 Å². The number of nitrogens with zero attached hydrogens (tertiary/aromatic N) is 1. The van der Waals surface area contributed by atoms with E-state index in [-0.39, 0.29) is 0 Å². The average Bonchev–Trinajstić information content (AvgIpc) is 2.26. The van der Waals surface area contributed by atoms with Gasteiger partial charge in [0.2, 0.25) is 0 Å². The molecule has 0 bridgehead atoms. The van der Waals surface area contributed by atoms with Crippen LogP contribution in [0.4, 0.5) is 0 Å². The first-order chi connectivity index (χ1) is 7.93. The van der Waals surface area contributed by atoms with Crippen LogP contribution in [0.25, 0.3) is 0 Å². The highest BCUT2D eigenvalue weighted by molar-refractivity contribution is 4.82. The Balaban J connectivity index is 2.23. The van der Waals surface area contributed by atoms with Crippen LogP contribution in [0.3, 0.4) is 0 Å². The lowest BCUT2D eigenvalue weighted by Crippen LogP contribution is -2.43. The standard InChI is InChI=1S/C15H32N2/c1-5-6-7-14(16)12-17-10-8-13(9-11-17)15(2,3)4/h13-14H,5-12,16H2,1-4H3/t14-/m0/s1. The Hall–Kier alpha value is -0.0800. The van der Waals surface area contributed by atoms with Crippen LogP contribution in [0.2, 0.25) is 0 Å². The van der Waals surface area contributed by atoms with Gasteiger partial charge in [-0.15, -0.1) is 0 Å². The van der Waals surface area contributed by atoms with Gasteiger partial charge in [0, 0.05) is 12.6 Å². The zero-order valence-electron chi connectivity index (χ0n) is 12.3. The Kier molecular flexibility index (Phi) is 5.94. The number of rotatable bonds is 5. The lowest BCUT2D eigenvalue weighted by atomic mass is 9.75. The van der Waals surface area contributed by atoms with E-state index in [9.17, 15) is 0 Å². The summed E-state index contributed by atoms with van der Waals surface area (Å²) in [6.07, 6.45) is 6.43. The van der Waals surface area contributed by atoms with Gasteiger partial charge in [0.25, 0.3) is 0 Å². The Morgan fingerprint density at radius 3 is 2.29 bits per heavy atom. The molecule has 1 saturated heterocycles. The van der Waals surface area contributed by atoms with E-state index < -0.39 is 0 Å². The summed E-state index contributed by atoms with van der Waals surface area (Å²) in [6, 6.07) is 0.390. The minimum atomic E-state index is 0.390. The largest absolute Gasteiger partial charge is 0.327 e. The number of unbranched alkanes of at least 4 members (excludes halogenated alkanes) is 1. The summed E-state index contributed by atoms with van der Waals surface area (Å²) < 4.78 is 0. The van der Waals surface area contributed by atoms with E-state index in [1.807, 2.05) is 0 Å². The van der Waals surface area contributed by atoms with Crippen molar-refractivity contribution in [3.63, 3.8) is 0 Å². The second-order valence-corrected chi connectivity index (χ2v) is 6.84. The number of hydrogen-bond donors (Lipinski definition) is 1. The number of hydrogen-bond acceptors (Lipinski definition) is 2. The lowest BCUT2D eigenvalue weighted by Gasteiger charge is -2.39. The predicted octanol–water partition coefficient (Wildman–Crippen LogP) is 3.26. The molecule has 0 saturated carbocycles. The molecule has 0 amide bonds. The molecule has 102 valence electrons. The summed E-state index contributed by atoms with van der Waals surface area (Å²) in [6.45, 7) is 13.0. The molecule has 2 heteroatoms. The molecule has 0 aromatic carbocycles. The monoisotopic (exact) mass is 240 g/mol. The van der Waals surface area contributed by atoms with Crippen molar-refractivity contribution in [3.8, 4) is 0 Å². The van der Waals surface area contributed by atoms with Gasteiger partial charge >= 0.3 is 0 Å². The first-order valence-electron chi connectivity index (χ1n) is 7.41. The maximum Gasteiger partial charge on any atom is 0.0167 e. The van der Waals surface area contributed by atoms with Crippen LogP contribution in [-0.2, 0) is 0 Å². The molecule has 1 aliphatic heterocycles. The number of likely N-dealkylation sites (tertiary alicyclic amines) is 1. The van der Waals surface area contributed by atoms with Crippen molar-refractivity contribution in [3.05, 3.63) is 0 Å². The van der Waals surface area contributed by atoms with Crippen molar-refractivity contribution < 1.29 is 0 Å². The van der Waals surface area contributed by atoms with E-state index in [2.05, 4.69) is 32.6 Å². The van der Waals surface area contributed by atoms with E-state index in [1.54, 1.807) is 0 Å². The molecule has 0 aliphatic carbocycles. The molecule has 1 fully saturated rings. The van der Waals surface area contributed by atoms with Crippen LogP contribution in [0.1, 0.15) is 59.8 Å². The van der Waals surface area contributed by atoms with E-state index in [4.69, 9.17) is 5.73 Å². The topological polar surface area (TPSA) is 29.3 Å². The molecular weight excluding hydrogens is 208 g/mol. The average molecular weight is 240 g/mol. The summed E-state index contributed by atoms with van der Waals surface area (Å²) in [5, 5.41) is 0. The highest BCUT2D eigenvalue weighted by Gasteiger charge is 2.28. The van der Waals surface area contributed by atoms with Crippen molar-refractivity contribution in [2.45, 2.75) is 65.8 Å². The minimum Gasteiger partial charge on any atom is -0.327 e. The Bertz CT molecular complexity index is 199. The molecule has 0 spiro atoms. The maximum atomic E-state index is 6.17. The van der Waals surface area contributed by atoms with Crippen molar-refractivity contribution in [2.24, 2.45) is 17.1 Å². The SMILES string of the molecule is CCCC[C@H](N)CN1CCC(C(C)(C)C)CC1. The van der Waals surface area contributed by atoms with Crippen LogP contribution in [0, 0.1) is 11.3 Å². The van der Waals surface area contributed by atoms with E-state index >= 15 is 0 Å². The zero-order valence-corrected chi connectivity index (χ0v) is 12.3. The molecule has 0 aromatic rings. The van der Waals surface area contributed by atoms with Crippen LogP contribution >= 0.6 is 0 Å². The third-order valence-corrected chi connectivity index (χ3v) is 4.23. The second kappa shape index (κ2) is 6.75. The normalized spacial score (nSPS) is 21.7. The molecule has 0 aromatic heterocycles. The Labute approximate surface area is 108 Å². The van der Waals surface area contributed by atoms with Gasteiger partial charge in [0.05, 0.1) is 0 Å². The fourth-order valence-electron chi connectivity index (χ4n) is 2.87. The zero-order chi connectivity index (χ0) is 12.9. The molecular formula is C15H32N2. The van der Waals surface area contributed by atoms with Crippen molar-refractivity contribution in [1.82, 2.24) is 4.90 Å². The summed E-state index contributed by atoms with van der Waals surface area (Å²) in [7, 11) is 0. The van der Waals surface area contributed by atoms with E-state index in [1.165, 1.54) is 45.2 Å². The highest BCUT2D eigenvalue weighted by atomic mass is 15.1. The van der Waals surface area contributed by atoms with Gasteiger partial charge in [-0.1, -0.05) is 40.5 Å². The van der Waals surface area contributed by atoms with E-state index in [0.717, 1.165) is 12.5 Å². The molecule has 1 heterocycles. The second-order valence-electron chi connectivity index (χ2n) is 6.84. The molecule has 2 N–H and O–H groups in total. The van der Waals surface area contributed by atoms with Crippen LogP contribution in [-0.4, -0.2) is 30.6 Å². The molecule has 0 radical (unpaired) electrons. The highest BCUT2D eigenvalue weighted by Crippen LogP contribution is 2.34. The third kappa shape index (κ3) is 5.39. The first kappa shape index (κ1) is 15.0. The molecule has 0 unspecified atom stereocenters. The Morgan fingerprint density at radius 2 is 1.82 bits per heavy atom. The van der Waals surface area contributed by atoms with Crippen molar-refractivity contribution >= 4 is 0 Å². The van der Waals surface area contributed by atoms with Gasteiger partial charge in [-0.05, 0) is 43.7 Å². The van der Waals surface area contributed by atoms with Gasteiger partial charge in [0.15, 0.2) is 0 Å². The fraction of sp³-hybridized carbons (Fsp3) is 1.00. The third-order valence-electron chi connectivity index (χ3n) is 4.23. The lowest BCUT2D eigenvalue weighted by molar-refractivity contribution is 0.107. The quantitative estimate of drug-likeness (QED) is 0.799. The van der Waals surface area contributed by atoms with Gasteiger partial charge in [-0.2, -0.15) is 0 Å². The molecule has 2 nitrogen and oxygen atoms in total. The number of piperidine rings is 1. The molecule has 1 aliphatic rings. The smallest absolute Gasteiger partial charge is 0.0167 e. The summed E-state index contributed by atoms with van der Waals surface area (Å²) >= 11 is 0. The summed E-state index contributed by atoms with van der Waals surface area (Å²) in [5.41, 5.74) is 6.65. The number of nitrogens with two attached hydrogens (primary N) is 1. The van der Waals surface area contributed by atoms with Crippen molar-refractivity contribution in [1.29, 1.82) is 0 Å². The fourth-order valence-corrected chi connectivity index (χ4v) is 2.87. The van der Waals surface area contributed by atoms with Crippen LogP contribution in [0.15, 0.2) is 0 Å². The summed E-state index contributed by atoms with van der Waals surface area (Å²) in [5.74, 6) is 0.894. The first-order valence-corrected chi connectivity index (χ1v) is 7.41. The molecule has 1 atom stereocenters.